The van der Waals surface area contributed by atoms with E-state index in [1.807, 2.05) is 35.6 Å². The predicted molar refractivity (Wildman–Crippen MR) is 124 cm³/mol. The Morgan fingerprint density at radius 2 is 2.13 bits per heavy atom. The Labute approximate surface area is 190 Å². The molecule has 1 N–H and O–H groups in total. The fraction of sp³-hybridized carbons (Fsp3) is 0.409. The van der Waals surface area contributed by atoms with Crippen molar-refractivity contribution in [3.63, 3.8) is 0 Å². The van der Waals surface area contributed by atoms with Gasteiger partial charge in [-0.25, -0.2) is 0 Å². The number of rotatable bonds is 7. The van der Waals surface area contributed by atoms with Crippen LogP contribution in [-0.4, -0.2) is 26.4 Å². The van der Waals surface area contributed by atoms with Crippen molar-refractivity contribution in [3.05, 3.63) is 50.7 Å². The topological polar surface area (TPSA) is 59.8 Å². The molecule has 5 nitrogen and oxygen atoms in total. The first-order valence-corrected chi connectivity index (χ1v) is 12.5. The van der Waals surface area contributed by atoms with Crippen molar-refractivity contribution in [2.75, 3.05) is 5.75 Å². The summed E-state index contributed by atoms with van der Waals surface area (Å²) in [4.78, 5) is 13.8. The second kappa shape index (κ2) is 9.54. The fourth-order valence-electron chi connectivity index (χ4n) is 3.73. The van der Waals surface area contributed by atoms with Gasteiger partial charge in [-0.1, -0.05) is 42.4 Å². The predicted octanol–water partition coefficient (Wildman–Crippen LogP) is 5.21. The van der Waals surface area contributed by atoms with Crippen molar-refractivity contribution in [2.45, 2.75) is 51.4 Å². The molecule has 158 valence electrons. The lowest BCUT2D eigenvalue weighted by Crippen LogP contribution is -2.24. The van der Waals surface area contributed by atoms with E-state index in [0.29, 0.717) is 17.3 Å². The fourth-order valence-corrected chi connectivity index (χ4v) is 5.93. The van der Waals surface area contributed by atoms with Crippen molar-refractivity contribution >= 4 is 40.6 Å². The van der Waals surface area contributed by atoms with Crippen LogP contribution in [0.5, 0.6) is 0 Å². The van der Waals surface area contributed by atoms with Crippen LogP contribution >= 0.6 is 34.7 Å². The number of halogens is 1. The van der Waals surface area contributed by atoms with Gasteiger partial charge in [-0.2, -0.15) is 0 Å². The summed E-state index contributed by atoms with van der Waals surface area (Å²) in [6.45, 7) is 5.68. The summed E-state index contributed by atoms with van der Waals surface area (Å²) >= 11 is 9.17. The van der Waals surface area contributed by atoms with Crippen LogP contribution in [0.25, 0.3) is 11.4 Å². The molecule has 2 heterocycles. The zero-order chi connectivity index (χ0) is 21.1. The van der Waals surface area contributed by atoms with Crippen molar-refractivity contribution in [3.8, 4) is 11.4 Å². The highest BCUT2D eigenvalue weighted by Gasteiger charge is 2.24. The molecule has 0 fully saturated rings. The summed E-state index contributed by atoms with van der Waals surface area (Å²) in [7, 11) is 0. The van der Waals surface area contributed by atoms with E-state index in [2.05, 4.69) is 39.3 Å². The number of thioether (sulfide) groups is 1. The van der Waals surface area contributed by atoms with Crippen LogP contribution in [0, 0.1) is 5.92 Å². The number of carbonyl (C=O) groups excluding carboxylic acids is 1. The van der Waals surface area contributed by atoms with Crippen LogP contribution < -0.4 is 5.32 Å². The van der Waals surface area contributed by atoms with Crippen LogP contribution in [0.15, 0.2) is 34.8 Å². The smallest absolute Gasteiger partial charge is 0.230 e. The lowest BCUT2D eigenvalue weighted by atomic mass is 9.88. The highest BCUT2D eigenvalue weighted by atomic mass is 35.5. The molecule has 0 spiro atoms. The summed E-state index contributed by atoms with van der Waals surface area (Å²) in [6.07, 6.45) is 3.50. The molecule has 8 heteroatoms. The molecular weight excluding hydrogens is 436 g/mol. The molecule has 0 bridgehead atoms. The standard InChI is InChI=1S/C22H25ClN4OS2/c1-3-27-21(18-12-29-19-10-14(2)4-9-17(18)19)25-26-22(27)30-13-20(28)24-11-15-5-7-16(23)8-6-15/h5-8,12,14H,3-4,9-11,13H2,1-2H3,(H,24,28). The molecule has 1 aliphatic rings. The number of hydrogen-bond donors (Lipinski definition) is 1. The maximum absolute atomic E-state index is 12.3. The first-order valence-electron chi connectivity index (χ1n) is 10.2. The molecule has 4 rings (SSSR count). The minimum atomic E-state index is -0.0240. The Balaban J connectivity index is 1.40. The Morgan fingerprint density at radius 3 is 2.90 bits per heavy atom. The number of hydrogen-bond acceptors (Lipinski definition) is 5. The second-order valence-corrected chi connectivity index (χ2v) is 9.98. The van der Waals surface area contributed by atoms with Gasteiger partial charge >= 0.3 is 0 Å². The van der Waals surface area contributed by atoms with Gasteiger partial charge in [0.05, 0.1) is 5.75 Å². The van der Waals surface area contributed by atoms with Crippen molar-refractivity contribution in [2.24, 2.45) is 5.92 Å². The van der Waals surface area contributed by atoms with Crippen molar-refractivity contribution in [1.29, 1.82) is 0 Å². The van der Waals surface area contributed by atoms with Gasteiger partial charge in [0.25, 0.3) is 0 Å². The van der Waals surface area contributed by atoms with Gasteiger partial charge in [0, 0.05) is 33.9 Å². The van der Waals surface area contributed by atoms with Gasteiger partial charge in [0.1, 0.15) is 0 Å². The van der Waals surface area contributed by atoms with Gasteiger partial charge in [-0.15, -0.1) is 21.5 Å². The van der Waals surface area contributed by atoms with E-state index < -0.39 is 0 Å². The molecule has 1 atom stereocenters. The quantitative estimate of drug-likeness (QED) is 0.491. The number of amides is 1. The Kier molecular flexibility index (Phi) is 6.80. The maximum atomic E-state index is 12.3. The Morgan fingerprint density at radius 1 is 1.33 bits per heavy atom. The molecule has 2 aromatic heterocycles. The van der Waals surface area contributed by atoms with E-state index in [0.717, 1.165) is 41.8 Å². The van der Waals surface area contributed by atoms with Crippen LogP contribution in [0.4, 0.5) is 0 Å². The lowest BCUT2D eigenvalue weighted by Gasteiger charge is -2.19. The third-order valence-electron chi connectivity index (χ3n) is 5.41. The zero-order valence-electron chi connectivity index (χ0n) is 17.2. The van der Waals surface area contributed by atoms with E-state index in [1.165, 1.54) is 34.2 Å². The number of nitrogens with one attached hydrogen (secondary N) is 1. The van der Waals surface area contributed by atoms with Crippen molar-refractivity contribution in [1.82, 2.24) is 20.1 Å². The van der Waals surface area contributed by atoms with E-state index >= 15 is 0 Å². The molecule has 3 aromatic rings. The number of benzene rings is 1. The van der Waals surface area contributed by atoms with E-state index in [4.69, 9.17) is 11.6 Å². The monoisotopic (exact) mass is 460 g/mol. The van der Waals surface area contributed by atoms with Crippen LogP contribution in [0.2, 0.25) is 5.02 Å². The molecular formula is C22H25ClN4OS2. The lowest BCUT2D eigenvalue weighted by molar-refractivity contribution is -0.118. The summed E-state index contributed by atoms with van der Waals surface area (Å²) in [5.74, 6) is 1.97. The molecule has 0 radical (unpaired) electrons. The SMILES string of the molecule is CCn1c(SCC(=O)NCc2ccc(Cl)cc2)nnc1-c1csc2c1CCC(C)C2. The molecule has 0 aliphatic heterocycles. The molecule has 1 amide bonds. The molecule has 1 aromatic carbocycles. The third-order valence-corrected chi connectivity index (χ3v) is 7.68. The maximum Gasteiger partial charge on any atom is 0.230 e. The van der Waals surface area contributed by atoms with Crippen LogP contribution in [0.3, 0.4) is 0 Å². The minimum Gasteiger partial charge on any atom is -0.351 e. The molecule has 1 unspecified atom stereocenters. The van der Waals surface area contributed by atoms with E-state index in [9.17, 15) is 4.79 Å². The summed E-state index contributed by atoms with van der Waals surface area (Å²) in [5, 5.41) is 15.5. The highest BCUT2D eigenvalue weighted by molar-refractivity contribution is 7.99. The van der Waals surface area contributed by atoms with Gasteiger partial charge in [0.2, 0.25) is 5.91 Å². The average molecular weight is 461 g/mol. The zero-order valence-corrected chi connectivity index (χ0v) is 19.5. The number of fused-ring (bicyclic) bond motifs is 1. The number of nitrogens with zero attached hydrogens (tertiary/aromatic N) is 3. The van der Waals surface area contributed by atoms with E-state index in [1.54, 1.807) is 0 Å². The van der Waals surface area contributed by atoms with Crippen molar-refractivity contribution < 1.29 is 4.79 Å². The van der Waals surface area contributed by atoms with Gasteiger partial charge in [0.15, 0.2) is 11.0 Å². The van der Waals surface area contributed by atoms with Crippen LogP contribution in [-0.2, 0) is 30.7 Å². The minimum absolute atomic E-state index is 0.0240. The van der Waals surface area contributed by atoms with Gasteiger partial charge in [-0.05, 0) is 55.4 Å². The number of thiophene rings is 1. The number of aromatic nitrogens is 3. The average Bonchev–Trinajstić information content (AvgIpc) is 3.34. The van der Waals surface area contributed by atoms with Gasteiger partial charge in [-0.3, -0.25) is 4.79 Å². The van der Waals surface area contributed by atoms with Gasteiger partial charge < -0.3 is 9.88 Å². The first-order chi connectivity index (χ1) is 14.5. The molecule has 1 aliphatic carbocycles. The Hall–Kier alpha value is -1.83. The number of carbonyl (C=O) groups is 1. The summed E-state index contributed by atoms with van der Waals surface area (Å²) in [6, 6.07) is 7.48. The highest BCUT2D eigenvalue weighted by Crippen LogP contribution is 2.38. The molecule has 0 saturated carbocycles. The first kappa shape index (κ1) is 21.4. The van der Waals surface area contributed by atoms with Crippen LogP contribution in [0.1, 0.15) is 36.3 Å². The molecule has 30 heavy (non-hydrogen) atoms. The second-order valence-electron chi connectivity index (χ2n) is 7.64. The van der Waals surface area contributed by atoms with E-state index in [-0.39, 0.29) is 5.91 Å². The normalized spacial score (nSPS) is 15.8. The molecule has 0 saturated heterocycles. The summed E-state index contributed by atoms with van der Waals surface area (Å²) in [5.41, 5.74) is 3.68. The Bertz CT molecular complexity index is 1030. The summed E-state index contributed by atoms with van der Waals surface area (Å²) < 4.78 is 2.12. The largest absolute Gasteiger partial charge is 0.351 e. The third kappa shape index (κ3) is 4.74.